The van der Waals surface area contributed by atoms with Crippen molar-refractivity contribution in [2.75, 3.05) is 28.7 Å². The maximum absolute atomic E-state index is 12.8. The zero-order valence-corrected chi connectivity index (χ0v) is 19.1. The van der Waals surface area contributed by atoms with Gasteiger partial charge in [0.1, 0.15) is 6.54 Å². The average molecular weight is 462 g/mol. The Bertz CT molecular complexity index is 1100. The minimum absolute atomic E-state index is 0.0255. The van der Waals surface area contributed by atoms with E-state index in [1.54, 1.807) is 36.4 Å². The molecule has 0 radical (unpaired) electrons. The first-order chi connectivity index (χ1) is 15.2. The number of anilines is 2. The second kappa shape index (κ2) is 9.90. The molecule has 0 fully saturated rings. The zero-order chi connectivity index (χ0) is 23.3. The van der Waals surface area contributed by atoms with Crippen molar-refractivity contribution in [3.8, 4) is 11.5 Å². The first kappa shape index (κ1) is 23.4. The molecule has 2 amide bonds. The van der Waals surface area contributed by atoms with E-state index in [2.05, 4.69) is 10.6 Å². The Morgan fingerprint density at radius 3 is 2.53 bits per heavy atom. The summed E-state index contributed by atoms with van der Waals surface area (Å²) in [5.74, 6) is -0.171. The Balaban J connectivity index is 1.82. The highest BCUT2D eigenvalue weighted by molar-refractivity contribution is 7.92. The van der Waals surface area contributed by atoms with Crippen molar-refractivity contribution >= 4 is 33.2 Å². The molecule has 1 aliphatic rings. The standard InChI is InChI=1S/C22H27N3O6S/c1-4-15(3)23-22(27)17-8-6-7-9-18(17)24-21(26)13-25(32(28,29)5-2)16-10-11-19-20(12-16)31-14-30-19/h6-12,15H,4-5,13-14H2,1-3H3,(H,23,27)(H,24,26)/t15-/m0/s1. The SMILES string of the molecule is CC[C@H](C)NC(=O)c1ccccc1NC(=O)CN(c1ccc2c(c1)OCO2)S(=O)(=O)CC. The molecule has 1 atom stereocenters. The molecule has 32 heavy (non-hydrogen) atoms. The van der Waals surface area contributed by atoms with Gasteiger partial charge in [0.15, 0.2) is 11.5 Å². The molecule has 1 aliphatic heterocycles. The first-order valence-electron chi connectivity index (χ1n) is 10.3. The molecule has 0 bridgehead atoms. The fraction of sp³-hybridized carbons (Fsp3) is 0.364. The van der Waals surface area contributed by atoms with Crippen molar-refractivity contribution in [1.82, 2.24) is 5.32 Å². The van der Waals surface area contributed by atoms with Gasteiger partial charge in [-0.25, -0.2) is 8.42 Å². The molecule has 172 valence electrons. The van der Waals surface area contributed by atoms with Crippen molar-refractivity contribution in [2.24, 2.45) is 0 Å². The molecular formula is C22H27N3O6S. The molecule has 9 nitrogen and oxygen atoms in total. The van der Waals surface area contributed by atoms with E-state index in [4.69, 9.17) is 9.47 Å². The van der Waals surface area contributed by atoms with Gasteiger partial charge in [0.25, 0.3) is 5.91 Å². The molecule has 10 heteroatoms. The first-order valence-corrected chi connectivity index (χ1v) is 12.0. The third-order valence-electron chi connectivity index (χ3n) is 5.07. The van der Waals surface area contributed by atoms with E-state index in [-0.39, 0.29) is 30.2 Å². The van der Waals surface area contributed by atoms with Crippen LogP contribution in [0.4, 0.5) is 11.4 Å². The van der Waals surface area contributed by atoms with E-state index in [1.807, 2.05) is 13.8 Å². The lowest BCUT2D eigenvalue weighted by atomic mass is 10.1. The van der Waals surface area contributed by atoms with Gasteiger partial charge in [-0.3, -0.25) is 13.9 Å². The number of ether oxygens (including phenoxy) is 2. The highest BCUT2D eigenvalue weighted by Crippen LogP contribution is 2.36. The number of hydrogen-bond donors (Lipinski definition) is 2. The van der Waals surface area contributed by atoms with Crippen LogP contribution in [0.2, 0.25) is 0 Å². The summed E-state index contributed by atoms with van der Waals surface area (Å²) in [5, 5.41) is 5.53. The molecule has 0 aromatic heterocycles. The molecule has 0 saturated carbocycles. The molecule has 0 saturated heterocycles. The van der Waals surface area contributed by atoms with E-state index in [1.165, 1.54) is 13.0 Å². The number of fused-ring (bicyclic) bond motifs is 1. The third kappa shape index (κ3) is 5.31. The lowest BCUT2D eigenvalue weighted by molar-refractivity contribution is -0.114. The highest BCUT2D eigenvalue weighted by Gasteiger charge is 2.26. The summed E-state index contributed by atoms with van der Waals surface area (Å²) in [6, 6.07) is 11.2. The van der Waals surface area contributed by atoms with Gasteiger partial charge < -0.3 is 20.1 Å². The van der Waals surface area contributed by atoms with Crippen LogP contribution in [0, 0.1) is 0 Å². The van der Waals surface area contributed by atoms with Gasteiger partial charge in [0, 0.05) is 12.1 Å². The summed E-state index contributed by atoms with van der Waals surface area (Å²) in [6.45, 7) is 4.93. The van der Waals surface area contributed by atoms with Gasteiger partial charge in [0.05, 0.1) is 22.7 Å². The normalized spacial score (nSPS) is 13.3. The Kier molecular flexibility index (Phi) is 7.24. The van der Waals surface area contributed by atoms with Crippen LogP contribution >= 0.6 is 0 Å². The number of benzene rings is 2. The quantitative estimate of drug-likeness (QED) is 0.594. The molecule has 3 rings (SSSR count). The number of nitrogens with one attached hydrogen (secondary N) is 2. The Morgan fingerprint density at radius 1 is 1.09 bits per heavy atom. The number of nitrogens with zero attached hydrogens (tertiary/aromatic N) is 1. The van der Waals surface area contributed by atoms with Gasteiger partial charge in [0.2, 0.25) is 22.7 Å². The summed E-state index contributed by atoms with van der Waals surface area (Å²) >= 11 is 0. The maximum atomic E-state index is 12.8. The lowest BCUT2D eigenvalue weighted by Gasteiger charge is -2.24. The van der Waals surface area contributed by atoms with Crippen molar-refractivity contribution in [1.29, 1.82) is 0 Å². The fourth-order valence-electron chi connectivity index (χ4n) is 3.06. The van der Waals surface area contributed by atoms with Gasteiger partial charge in [-0.15, -0.1) is 0 Å². The van der Waals surface area contributed by atoms with Crippen molar-refractivity contribution < 1.29 is 27.5 Å². The van der Waals surface area contributed by atoms with Gasteiger partial charge in [-0.1, -0.05) is 19.1 Å². The zero-order valence-electron chi connectivity index (χ0n) is 18.3. The maximum Gasteiger partial charge on any atom is 0.253 e. The van der Waals surface area contributed by atoms with Crippen LogP contribution in [0.5, 0.6) is 11.5 Å². The van der Waals surface area contributed by atoms with Gasteiger partial charge >= 0.3 is 0 Å². The second-order valence-corrected chi connectivity index (χ2v) is 9.50. The van der Waals surface area contributed by atoms with Gasteiger partial charge in [-0.05, 0) is 44.5 Å². The van der Waals surface area contributed by atoms with Crippen molar-refractivity contribution in [3.63, 3.8) is 0 Å². The molecule has 0 spiro atoms. The number of rotatable bonds is 9. The number of amides is 2. The Morgan fingerprint density at radius 2 is 1.81 bits per heavy atom. The third-order valence-corrected chi connectivity index (χ3v) is 6.81. The monoisotopic (exact) mass is 461 g/mol. The molecule has 2 aromatic carbocycles. The van der Waals surface area contributed by atoms with Crippen LogP contribution in [0.15, 0.2) is 42.5 Å². The summed E-state index contributed by atoms with van der Waals surface area (Å²) in [6.07, 6.45) is 0.764. The average Bonchev–Trinajstić information content (AvgIpc) is 3.25. The predicted octanol–water partition coefficient (Wildman–Crippen LogP) is 2.74. The smallest absolute Gasteiger partial charge is 0.253 e. The number of hydrogen-bond acceptors (Lipinski definition) is 6. The van der Waals surface area contributed by atoms with E-state index in [0.717, 1.165) is 10.7 Å². The minimum Gasteiger partial charge on any atom is -0.454 e. The Labute approximate surface area is 187 Å². The van der Waals surface area contributed by atoms with Crippen LogP contribution in [0.1, 0.15) is 37.6 Å². The van der Waals surface area contributed by atoms with Crippen LogP contribution in [0.25, 0.3) is 0 Å². The molecular weight excluding hydrogens is 434 g/mol. The van der Waals surface area contributed by atoms with E-state index in [9.17, 15) is 18.0 Å². The summed E-state index contributed by atoms with van der Waals surface area (Å²) in [7, 11) is -3.77. The van der Waals surface area contributed by atoms with Crippen LogP contribution < -0.4 is 24.4 Å². The number of carbonyl (C=O) groups excluding carboxylic acids is 2. The summed E-state index contributed by atoms with van der Waals surface area (Å²) in [4.78, 5) is 25.4. The Hall–Kier alpha value is -3.27. The molecule has 1 heterocycles. The van der Waals surface area contributed by atoms with E-state index >= 15 is 0 Å². The molecule has 2 N–H and O–H groups in total. The number of sulfonamides is 1. The van der Waals surface area contributed by atoms with Gasteiger partial charge in [-0.2, -0.15) is 0 Å². The summed E-state index contributed by atoms with van der Waals surface area (Å²) in [5.41, 5.74) is 0.890. The molecule has 0 unspecified atom stereocenters. The van der Waals surface area contributed by atoms with Crippen molar-refractivity contribution in [2.45, 2.75) is 33.2 Å². The van der Waals surface area contributed by atoms with Crippen LogP contribution in [0.3, 0.4) is 0 Å². The van der Waals surface area contributed by atoms with Crippen LogP contribution in [-0.2, 0) is 14.8 Å². The highest BCUT2D eigenvalue weighted by atomic mass is 32.2. The molecule has 2 aromatic rings. The largest absolute Gasteiger partial charge is 0.454 e. The van der Waals surface area contributed by atoms with E-state index < -0.39 is 22.5 Å². The lowest BCUT2D eigenvalue weighted by Crippen LogP contribution is -2.39. The summed E-state index contributed by atoms with van der Waals surface area (Å²) < 4.78 is 37.1. The fourth-order valence-corrected chi connectivity index (χ4v) is 4.12. The minimum atomic E-state index is -3.77. The topological polar surface area (TPSA) is 114 Å². The van der Waals surface area contributed by atoms with Crippen LogP contribution in [-0.4, -0.2) is 45.4 Å². The van der Waals surface area contributed by atoms with E-state index in [0.29, 0.717) is 22.7 Å². The molecule has 0 aliphatic carbocycles. The predicted molar refractivity (Wildman–Crippen MR) is 122 cm³/mol. The van der Waals surface area contributed by atoms with Crippen molar-refractivity contribution in [3.05, 3.63) is 48.0 Å². The second-order valence-electron chi connectivity index (χ2n) is 7.32. The number of para-hydroxylation sites is 1. The number of carbonyl (C=O) groups is 2.